The number of carbonyl (C=O) groups is 2. The van der Waals surface area contributed by atoms with Crippen molar-refractivity contribution in [2.24, 2.45) is 5.73 Å². The van der Waals surface area contributed by atoms with Gasteiger partial charge in [0.1, 0.15) is 5.75 Å². The monoisotopic (exact) mass is 303 g/mol. The van der Waals surface area contributed by atoms with E-state index in [1.807, 2.05) is 0 Å². The van der Waals surface area contributed by atoms with E-state index in [9.17, 15) is 22.8 Å². The van der Waals surface area contributed by atoms with Gasteiger partial charge >= 0.3 is 6.18 Å². The molecule has 1 unspecified atom stereocenters. The maximum Gasteiger partial charge on any atom is 0.415 e. The molecule has 1 aliphatic rings. The summed E-state index contributed by atoms with van der Waals surface area (Å²) in [6, 6.07) is 4.06. The van der Waals surface area contributed by atoms with Gasteiger partial charge in [-0.05, 0) is 25.1 Å². The molecule has 1 aromatic rings. The second-order valence-electron chi connectivity index (χ2n) is 4.70. The van der Waals surface area contributed by atoms with Crippen LogP contribution in [0.25, 0.3) is 0 Å². The van der Waals surface area contributed by atoms with Crippen LogP contribution in [0.4, 0.5) is 24.5 Å². The number of rotatable bonds is 2. The lowest BCUT2D eigenvalue weighted by Gasteiger charge is -2.26. The van der Waals surface area contributed by atoms with Crippen LogP contribution in [0.3, 0.4) is 0 Å². The second kappa shape index (κ2) is 4.92. The fourth-order valence-electron chi connectivity index (χ4n) is 1.55. The van der Waals surface area contributed by atoms with E-state index in [1.54, 1.807) is 0 Å². The standard InChI is InChI=1S/C12H12F3N3O3/c1-11(16,12(13,14)15)10(20)17-6-2-3-8-7(4-6)18-9(19)5-21-8/h2-4H,5,16H2,1H3,(H,17,20)(H,18,19). The van der Waals surface area contributed by atoms with Crippen molar-refractivity contribution in [1.82, 2.24) is 0 Å². The third-order valence-corrected chi connectivity index (χ3v) is 2.93. The minimum atomic E-state index is -4.89. The van der Waals surface area contributed by atoms with E-state index in [4.69, 9.17) is 10.5 Å². The Bertz CT molecular complexity index is 599. The van der Waals surface area contributed by atoms with Crippen LogP contribution in [0, 0.1) is 0 Å². The van der Waals surface area contributed by atoms with E-state index in [0.29, 0.717) is 12.7 Å². The summed E-state index contributed by atoms with van der Waals surface area (Å²) in [7, 11) is 0. The number of amides is 2. The summed E-state index contributed by atoms with van der Waals surface area (Å²) in [5.74, 6) is -1.44. The van der Waals surface area contributed by atoms with Crippen molar-refractivity contribution < 1.29 is 27.5 Å². The van der Waals surface area contributed by atoms with Gasteiger partial charge in [0.15, 0.2) is 12.1 Å². The normalized spacial score (nSPS) is 17.1. The molecule has 2 amide bonds. The molecule has 2 rings (SSSR count). The molecule has 0 spiro atoms. The quantitative estimate of drug-likeness (QED) is 0.766. The zero-order chi connectivity index (χ0) is 15.8. The third kappa shape index (κ3) is 2.92. The maximum atomic E-state index is 12.6. The highest BCUT2D eigenvalue weighted by atomic mass is 19.4. The molecular formula is C12H12F3N3O3. The summed E-state index contributed by atoms with van der Waals surface area (Å²) in [5, 5.41) is 4.54. The molecular weight excluding hydrogens is 291 g/mol. The van der Waals surface area contributed by atoms with Crippen molar-refractivity contribution in [2.75, 3.05) is 17.2 Å². The number of nitrogens with one attached hydrogen (secondary N) is 2. The summed E-state index contributed by atoms with van der Waals surface area (Å²) in [6.07, 6.45) is -4.89. The van der Waals surface area contributed by atoms with Crippen molar-refractivity contribution in [3.8, 4) is 5.75 Å². The highest BCUT2D eigenvalue weighted by Crippen LogP contribution is 2.32. The molecule has 0 aromatic heterocycles. The Morgan fingerprint density at radius 1 is 1.43 bits per heavy atom. The SMILES string of the molecule is CC(N)(C(=O)Nc1ccc2c(c1)NC(=O)CO2)C(F)(F)F. The van der Waals surface area contributed by atoms with Gasteiger partial charge in [-0.15, -0.1) is 0 Å². The highest BCUT2D eigenvalue weighted by molar-refractivity contribution is 6.00. The van der Waals surface area contributed by atoms with Gasteiger partial charge in [-0.25, -0.2) is 0 Å². The van der Waals surface area contributed by atoms with Gasteiger partial charge in [-0.1, -0.05) is 0 Å². The molecule has 9 heteroatoms. The fourth-order valence-corrected chi connectivity index (χ4v) is 1.55. The van der Waals surface area contributed by atoms with Crippen LogP contribution in [0.5, 0.6) is 5.75 Å². The van der Waals surface area contributed by atoms with Crippen LogP contribution >= 0.6 is 0 Å². The van der Waals surface area contributed by atoms with Crippen LogP contribution in [-0.2, 0) is 9.59 Å². The van der Waals surface area contributed by atoms with Gasteiger partial charge < -0.3 is 21.1 Å². The molecule has 21 heavy (non-hydrogen) atoms. The molecule has 1 aliphatic heterocycles. The lowest BCUT2D eigenvalue weighted by molar-refractivity contribution is -0.184. The van der Waals surface area contributed by atoms with Crippen molar-refractivity contribution >= 4 is 23.2 Å². The smallest absolute Gasteiger partial charge is 0.415 e. The maximum absolute atomic E-state index is 12.6. The first-order valence-electron chi connectivity index (χ1n) is 5.85. The molecule has 6 nitrogen and oxygen atoms in total. The van der Waals surface area contributed by atoms with Crippen LogP contribution in [0.15, 0.2) is 18.2 Å². The van der Waals surface area contributed by atoms with E-state index >= 15 is 0 Å². The largest absolute Gasteiger partial charge is 0.482 e. The average Bonchev–Trinajstić information content (AvgIpc) is 2.36. The summed E-state index contributed by atoms with van der Waals surface area (Å²) in [6.45, 7) is 0.430. The number of hydrogen-bond donors (Lipinski definition) is 3. The number of hydrogen-bond acceptors (Lipinski definition) is 4. The molecule has 0 bridgehead atoms. The minimum absolute atomic E-state index is 0.0606. The first-order valence-corrected chi connectivity index (χ1v) is 5.85. The van der Waals surface area contributed by atoms with Crippen molar-refractivity contribution in [2.45, 2.75) is 18.6 Å². The molecule has 1 atom stereocenters. The first-order chi connectivity index (χ1) is 9.61. The third-order valence-electron chi connectivity index (χ3n) is 2.93. The fraction of sp³-hybridized carbons (Fsp3) is 0.333. The number of carbonyl (C=O) groups excluding carboxylic acids is 2. The zero-order valence-corrected chi connectivity index (χ0v) is 10.9. The number of nitrogens with two attached hydrogens (primary N) is 1. The Kier molecular flexibility index (Phi) is 3.54. The first kappa shape index (κ1) is 15.1. The summed E-state index contributed by atoms with van der Waals surface area (Å²) < 4.78 is 43.0. The lowest BCUT2D eigenvalue weighted by atomic mass is 10.0. The number of fused-ring (bicyclic) bond motifs is 1. The molecule has 0 saturated heterocycles. The number of halogens is 3. The van der Waals surface area contributed by atoms with Gasteiger partial charge in [0, 0.05) is 5.69 Å². The van der Waals surface area contributed by atoms with Crippen LogP contribution in [0.2, 0.25) is 0 Å². The molecule has 0 saturated carbocycles. The number of anilines is 2. The Hall–Kier alpha value is -2.29. The average molecular weight is 303 g/mol. The van der Waals surface area contributed by atoms with Crippen LogP contribution in [0.1, 0.15) is 6.92 Å². The Morgan fingerprint density at radius 2 is 2.10 bits per heavy atom. The lowest BCUT2D eigenvalue weighted by Crippen LogP contribution is -2.59. The molecule has 1 heterocycles. The minimum Gasteiger partial charge on any atom is -0.482 e. The Balaban J connectivity index is 2.19. The predicted octanol–water partition coefficient (Wildman–Crippen LogP) is 1.24. The van der Waals surface area contributed by atoms with Gasteiger partial charge in [0.25, 0.3) is 11.8 Å². The number of alkyl halides is 3. The van der Waals surface area contributed by atoms with E-state index in [1.165, 1.54) is 18.2 Å². The van der Waals surface area contributed by atoms with Crippen LogP contribution < -0.4 is 21.1 Å². The second-order valence-corrected chi connectivity index (χ2v) is 4.70. The van der Waals surface area contributed by atoms with Crippen molar-refractivity contribution in [3.05, 3.63) is 18.2 Å². The summed E-state index contributed by atoms with van der Waals surface area (Å²) in [4.78, 5) is 22.8. The number of ether oxygens (including phenoxy) is 1. The number of benzene rings is 1. The predicted molar refractivity (Wildman–Crippen MR) is 67.8 cm³/mol. The molecule has 0 aliphatic carbocycles. The molecule has 4 N–H and O–H groups in total. The van der Waals surface area contributed by atoms with E-state index in [0.717, 1.165) is 0 Å². The summed E-state index contributed by atoms with van der Waals surface area (Å²) in [5.41, 5.74) is 2.31. The molecule has 114 valence electrons. The molecule has 0 radical (unpaired) electrons. The van der Waals surface area contributed by atoms with Gasteiger partial charge in [0.05, 0.1) is 5.69 Å². The molecule has 0 fully saturated rings. The summed E-state index contributed by atoms with van der Waals surface area (Å²) >= 11 is 0. The highest BCUT2D eigenvalue weighted by Gasteiger charge is 2.54. The van der Waals surface area contributed by atoms with Crippen LogP contribution in [-0.4, -0.2) is 30.1 Å². The van der Waals surface area contributed by atoms with Crippen molar-refractivity contribution in [1.29, 1.82) is 0 Å². The van der Waals surface area contributed by atoms with E-state index in [2.05, 4.69) is 10.6 Å². The van der Waals surface area contributed by atoms with Gasteiger partial charge in [0.2, 0.25) is 0 Å². The molecule has 1 aromatic carbocycles. The van der Waals surface area contributed by atoms with Crippen molar-refractivity contribution in [3.63, 3.8) is 0 Å². The van der Waals surface area contributed by atoms with E-state index < -0.39 is 23.5 Å². The van der Waals surface area contributed by atoms with Gasteiger partial charge in [-0.2, -0.15) is 13.2 Å². The van der Waals surface area contributed by atoms with E-state index in [-0.39, 0.29) is 18.0 Å². The topological polar surface area (TPSA) is 93.5 Å². The Morgan fingerprint density at radius 3 is 2.71 bits per heavy atom. The Labute approximate surface area is 117 Å². The zero-order valence-electron chi connectivity index (χ0n) is 10.9. The van der Waals surface area contributed by atoms with Gasteiger partial charge in [-0.3, -0.25) is 9.59 Å².